The van der Waals surface area contributed by atoms with E-state index in [1.165, 1.54) is 6.92 Å². The molecule has 0 aliphatic carbocycles. The van der Waals surface area contributed by atoms with E-state index in [-0.39, 0.29) is 5.78 Å². The third-order valence-electron chi connectivity index (χ3n) is 1.52. The van der Waals surface area contributed by atoms with Crippen LogP contribution in [0.1, 0.15) is 17.3 Å². The van der Waals surface area contributed by atoms with Crippen LogP contribution in [0.5, 0.6) is 0 Å². The second kappa shape index (κ2) is 4.04. The van der Waals surface area contributed by atoms with Gasteiger partial charge in [-0.25, -0.2) is 8.42 Å². The standard InChI is InChI=1S/C8H9NO3S/c1-6(10)7-4-2-3-5-8(7)9-13(11)12/h2-5,13H,1H3,(H,9,11,12). The highest BCUT2D eigenvalue weighted by Crippen LogP contribution is 2.14. The summed E-state index contributed by atoms with van der Waals surface area (Å²) in [5.41, 5.74) is 0.702. The molecule has 5 heteroatoms. The maximum atomic E-state index is 11.0. The smallest absolute Gasteiger partial charge is 0.222 e. The maximum absolute atomic E-state index is 11.0. The molecule has 0 atom stereocenters. The molecule has 0 aliphatic rings. The van der Waals surface area contributed by atoms with Gasteiger partial charge in [0.1, 0.15) is 0 Å². The van der Waals surface area contributed by atoms with Crippen molar-refractivity contribution in [1.29, 1.82) is 0 Å². The van der Waals surface area contributed by atoms with E-state index in [0.29, 0.717) is 11.3 Å². The predicted molar refractivity (Wildman–Crippen MR) is 50.4 cm³/mol. The highest BCUT2D eigenvalue weighted by atomic mass is 32.2. The monoisotopic (exact) mass is 199 g/mol. The molecule has 0 fully saturated rings. The largest absolute Gasteiger partial charge is 0.294 e. The molecule has 1 aromatic rings. The number of benzene rings is 1. The lowest BCUT2D eigenvalue weighted by Gasteiger charge is -2.03. The number of nitrogens with one attached hydrogen (secondary N) is 1. The van der Waals surface area contributed by atoms with E-state index in [0.717, 1.165) is 0 Å². The predicted octanol–water partition coefficient (Wildman–Crippen LogP) is 0.828. The van der Waals surface area contributed by atoms with E-state index in [4.69, 9.17) is 0 Å². The van der Waals surface area contributed by atoms with Crippen LogP contribution in [0.3, 0.4) is 0 Å². The molecule has 0 aromatic heterocycles. The summed E-state index contributed by atoms with van der Waals surface area (Å²) in [7, 11) is -2.72. The SMILES string of the molecule is CC(=O)c1ccccc1N[SH](=O)=O. The molecule has 70 valence electrons. The first-order valence-corrected chi connectivity index (χ1v) is 4.80. The fourth-order valence-corrected chi connectivity index (χ4v) is 1.38. The number of para-hydroxylation sites is 1. The number of Topliss-reactive ketones (excluding diaryl/α,β-unsaturated/α-hetero) is 1. The van der Waals surface area contributed by atoms with E-state index in [1.54, 1.807) is 24.3 Å². The molecule has 0 saturated heterocycles. The zero-order valence-corrected chi connectivity index (χ0v) is 7.88. The molecule has 0 spiro atoms. The molecule has 0 saturated carbocycles. The van der Waals surface area contributed by atoms with E-state index in [1.807, 2.05) is 0 Å². The van der Waals surface area contributed by atoms with Crippen LogP contribution in [-0.4, -0.2) is 14.2 Å². The van der Waals surface area contributed by atoms with Gasteiger partial charge in [-0.1, -0.05) is 12.1 Å². The fourth-order valence-electron chi connectivity index (χ4n) is 0.986. The van der Waals surface area contributed by atoms with E-state index >= 15 is 0 Å². The lowest BCUT2D eigenvalue weighted by Crippen LogP contribution is -2.02. The number of carbonyl (C=O) groups is 1. The summed E-state index contributed by atoms with van der Waals surface area (Å²) in [6.45, 7) is 1.39. The molecule has 0 radical (unpaired) electrons. The lowest BCUT2D eigenvalue weighted by atomic mass is 10.1. The summed E-state index contributed by atoms with van der Waals surface area (Å²) in [4.78, 5) is 11.0. The number of carbonyl (C=O) groups excluding carboxylic acids is 1. The quantitative estimate of drug-likeness (QED) is 0.559. The van der Waals surface area contributed by atoms with Crippen LogP contribution >= 0.6 is 0 Å². The van der Waals surface area contributed by atoms with Gasteiger partial charge in [-0.2, -0.15) is 0 Å². The normalized spacial score (nSPS) is 10.0. The van der Waals surface area contributed by atoms with Gasteiger partial charge in [0.25, 0.3) is 0 Å². The highest BCUT2D eigenvalue weighted by Gasteiger charge is 2.05. The summed E-state index contributed by atoms with van der Waals surface area (Å²) in [5.74, 6) is -0.167. The van der Waals surface area contributed by atoms with Crippen molar-refractivity contribution in [1.82, 2.24) is 0 Å². The maximum Gasteiger partial charge on any atom is 0.222 e. The molecule has 1 aromatic carbocycles. The van der Waals surface area contributed by atoms with Crippen molar-refractivity contribution in [3.05, 3.63) is 29.8 Å². The van der Waals surface area contributed by atoms with Gasteiger partial charge >= 0.3 is 0 Å². The van der Waals surface area contributed by atoms with E-state index in [2.05, 4.69) is 4.72 Å². The van der Waals surface area contributed by atoms with E-state index < -0.39 is 10.9 Å². The van der Waals surface area contributed by atoms with Crippen LogP contribution in [0.15, 0.2) is 24.3 Å². The van der Waals surface area contributed by atoms with Crippen LogP contribution in [0.2, 0.25) is 0 Å². The number of ketones is 1. The topological polar surface area (TPSA) is 63.2 Å². The molecule has 0 bridgehead atoms. The lowest BCUT2D eigenvalue weighted by molar-refractivity contribution is 0.101. The molecule has 0 unspecified atom stereocenters. The molecule has 13 heavy (non-hydrogen) atoms. The molecule has 1 N–H and O–H groups in total. The second-order valence-corrected chi connectivity index (χ2v) is 3.21. The average molecular weight is 199 g/mol. The third-order valence-corrected chi connectivity index (χ3v) is 1.94. The Morgan fingerprint density at radius 1 is 1.31 bits per heavy atom. The van der Waals surface area contributed by atoms with Gasteiger partial charge in [0.05, 0.1) is 5.69 Å². The summed E-state index contributed by atoms with van der Waals surface area (Å²) in [6.07, 6.45) is 0. The van der Waals surface area contributed by atoms with Gasteiger partial charge in [0.2, 0.25) is 10.9 Å². The summed E-state index contributed by atoms with van der Waals surface area (Å²) < 4.78 is 22.9. The molecule has 4 nitrogen and oxygen atoms in total. The average Bonchev–Trinajstić information content (AvgIpc) is 2.03. The first kappa shape index (κ1) is 9.73. The van der Waals surface area contributed by atoms with Gasteiger partial charge in [0.15, 0.2) is 5.78 Å². The second-order valence-electron chi connectivity index (χ2n) is 2.47. The van der Waals surface area contributed by atoms with Crippen molar-refractivity contribution in [2.24, 2.45) is 0 Å². The van der Waals surface area contributed by atoms with E-state index in [9.17, 15) is 13.2 Å². The van der Waals surface area contributed by atoms with Crippen LogP contribution in [0.25, 0.3) is 0 Å². The molecule has 0 aliphatic heterocycles. The van der Waals surface area contributed by atoms with Crippen molar-refractivity contribution in [3.8, 4) is 0 Å². The summed E-state index contributed by atoms with van der Waals surface area (Å²) in [6, 6.07) is 6.46. The molecule has 0 heterocycles. The number of thiol groups is 1. The molecular weight excluding hydrogens is 190 g/mol. The highest BCUT2D eigenvalue weighted by molar-refractivity contribution is 7.73. The minimum atomic E-state index is -2.72. The minimum Gasteiger partial charge on any atom is -0.294 e. The molecule has 1 rings (SSSR count). The Kier molecular flexibility index (Phi) is 3.02. The van der Waals surface area contributed by atoms with Crippen LogP contribution < -0.4 is 4.72 Å². The van der Waals surface area contributed by atoms with Gasteiger partial charge in [-0.05, 0) is 19.1 Å². The van der Waals surface area contributed by atoms with Gasteiger partial charge in [0, 0.05) is 5.56 Å². The van der Waals surface area contributed by atoms with Crippen molar-refractivity contribution in [2.45, 2.75) is 6.92 Å². The number of hydrogen-bond acceptors (Lipinski definition) is 3. The molecular formula is C8H9NO3S. The minimum absolute atomic E-state index is 0.167. The van der Waals surface area contributed by atoms with Crippen LogP contribution in [0, 0.1) is 0 Å². The van der Waals surface area contributed by atoms with Crippen molar-refractivity contribution in [2.75, 3.05) is 4.72 Å². The Hall–Kier alpha value is -1.36. The Morgan fingerprint density at radius 2 is 1.92 bits per heavy atom. The van der Waals surface area contributed by atoms with Gasteiger partial charge < -0.3 is 0 Å². The van der Waals surface area contributed by atoms with Gasteiger partial charge in [-0.15, -0.1) is 0 Å². The Bertz CT molecular complexity index is 390. The summed E-state index contributed by atoms with van der Waals surface area (Å²) in [5, 5.41) is 0. The number of anilines is 1. The van der Waals surface area contributed by atoms with Crippen molar-refractivity contribution < 1.29 is 13.2 Å². The van der Waals surface area contributed by atoms with Crippen molar-refractivity contribution >= 4 is 22.4 Å². The first-order valence-electron chi connectivity index (χ1n) is 3.62. The first-order chi connectivity index (χ1) is 6.11. The Morgan fingerprint density at radius 3 is 2.46 bits per heavy atom. The van der Waals surface area contributed by atoms with Gasteiger partial charge in [-0.3, -0.25) is 9.52 Å². The zero-order valence-electron chi connectivity index (χ0n) is 6.98. The third kappa shape index (κ3) is 2.55. The van der Waals surface area contributed by atoms with Crippen LogP contribution in [-0.2, 0) is 10.9 Å². The number of hydrogen-bond donors (Lipinski definition) is 2. The van der Waals surface area contributed by atoms with Crippen molar-refractivity contribution in [3.63, 3.8) is 0 Å². The van der Waals surface area contributed by atoms with Crippen LogP contribution in [0.4, 0.5) is 5.69 Å². The zero-order chi connectivity index (χ0) is 9.84. The summed E-state index contributed by atoms with van der Waals surface area (Å²) >= 11 is 0. The number of rotatable bonds is 3. The fraction of sp³-hybridized carbons (Fsp3) is 0.125. The molecule has 0 amide bonds. The Balaban J connectivity index is 3.11. The Labute approximate surface area is 77.7 Å².